The van der Waals surface area contributed by atoms with Gasteiger partial charge in [-0.25, -0.2) is 9.97 Å². The number of rotatable bonds is 6. The van der Waals surface area contributed by atoms with Crippen LogP contribution >= 0.6 is 11.6 Å². The van der Waals surface area contributed by atoms with E-state index >= 15 is 0 Å². The van der Waals surface area contributed by atoms with Crippen LogP contribution in [0.25, 0.3) is 0 Å². The van der Waals surface area contributed by atoms with E-state index in [-0.39, 0.29) is 5.41 Å². The third-order valence-electron chi connectivity index (χ3n) is 3.37. The van der Waals surface area contributed by atoms with E-state index in [2.05, 4.69) is 54.8 Å². The summed E-state index contributed by atoms with van der Waals surface area (Å²) in [6.45, 7) is 16.6. The Bertz CT molecular complexity index is 436. The summed E-state index contributed by atoms with van der Waals surface area (Å²) in [5, 5.41) is 3.93. The van der Waals surface area contributed by atoms with Crippen LogP contribution in [-0.2, 0) is 5.41 Å². The van der Waals surface area contributed by atoms with Gasteiger partial charge in [-0.1, -0.05) is 46.2 Å². The highest BCUT2D eigenvalue weighted by molar-refractivity contribution is 6.30. The summed E-state index contributed by atoms with van der Waals surface area (Å²) < 4.78 is 0. The summed E-state index contributed by atoms with van der Waals surface area (Å²) in [5.41, 5.74) is 0.811. The standard InChI is InChI=1S/C15H27ClN4/c1-7-20(8-2)10-9-17-13-11(3)12(16)18-14(19-13)15(4,5)6/h7-10H2,1-6H3,(H,17,18,19). The van der Waals surface area contributed by atoms with E-state index in [0.717, 1.165) is 43.4 Å². The number of hydrogen-bond acceptors (Lipinski definition) is 4. The van der Waals surface area contributed by atoms with Crippen LogP contribution < -0.4 is 5.32 Å². The molecule has 0 bridgehead atoms. The van der Waals surface area contributed by atoms with Gasteiger partial charge < -0.3 is 10.2 Å². The van der Waals surface area contributed by atoms with E-state index in [1.807, 2.05) is 6.92 Å². The van der Waals surface area contributed by atoms with Gasteiger partial charge in [0, 0.05) is 24.1 Å². The molecule has 1 aromatic heterocycles. The molecule has 114 valence electrons. The first-order valence-corrected chi connectivity index (χ1v) is 7.68. The molecule has 20 heavy (non-hydrogen) atoms. The third-order valence-corrected chi connectivity index (χ3v) is 3.74. The van der Waals surface area contributed by atoms with Crippen LogP contribution in [0.15, 0.2) is 0 Å². The predicted molar refractivity (Wildman–Crippen MR) is 86.8 cm³/mol. The quantitative estimate of drug-likeness (QED) is 0.816. The van der Waals surface area contributed by atoms with E-state index in [9.17, 15) is 0 Å². The molecular formula is C15H27ClN4. The molecule has 0 fully saturated rings. The van der Waals surface area contributed by atoms with E-state index in [1.54, 1.807) is 0 Å². The number of nitrogens with one attached hydrogen (secondary N) is 1. The fraction of sp³-hybridized carbons (Fsp3) is 0.733. The van der Waals surface area contributed by atoms with Crippen molar-refractivity contribution in [2.75, 3.05) is 31.5 Å². The van der Waals surface area contributed by atoms with Crippen molar-refractivity contribution in [2.24, 2.45) is 0 Å². The molecule has 0 amide bonds. The molecular weight excluding hydrogens is 272 g/mol. The number of hydrogen-bond donors (Lipinski definition) is 1. The zero-order valence-corrected chi connectivity index (χ0v) is 14.3. The molecule has 4 nitrogen and oxygen atoms in total. The summed E-state index contributed by atoms with van der Waals surface area (Å²) in [4.78, 5) is 11.4. The molecule has 1 rings (SSSR count). The van der Waals surface area contributed by atoms with Gasteiger partial charge in [0.2, 0.25) is 0 Å². The largest absolute Gasteiger partial charge is 0.368 e. The molecule has 0 aliphatic rings. The zero-order chi connectivity index (χ0) is 15.3. The number of anilines is 1. The van der Waals surface area contributed by atoms with Crippen LogP contribution in [0.5, 0.6) is 0 Å². The van der Waals surface area contributed by atoms with Crippen molar-refractivity contribution >= 4 is 17.4 Å². The van der Waals surface area contributed by atoms with Gasteiger partial charge in [0.15, 0.2) is 0 Å². The average molecular weight is 299 g/mol. The van der Waals surface area contributed by atoms with Crippen molar-refractivity contribution in [3.63, 3.8) is 0 Å². The Hall–Kier alpha value is -0.870. The highest BCUT2D eigenvalue weighted by atomic mass is 35.5. The summed E-state index contributed by atoms with van der Waals surface area (Å²) in [7, 11) is 0. The smallest absolute Gasteiger partial charge is 0.137 e. The Balaban J connectivity index is 2.81. The van der Waals surface area contributed by atoms with Crippen molar-refractivity contribution < 1.29 is 0 Å². The molecule has 5 heteroatoms. The number of halogens is 1. The maximum absolute atomic E-state index is 6.22. The number of nitrogens with zero attached hydrogens (tertiary/aromatic N) is 3. The zero-order valence-electron chi connectivity index (χ0n) is 13.5. The summed E-state index contributed by atoms with van der Waals surface area (Å²) >= 11 is 6.22. The highest BCUT2D eigenvalue weighted by Gasteiger charge is 2.20. The van der Waals surface area contributed by atoms with Gasteiger partial charge in [-0.15, -0.1) is 0 Å². The van der Waals surface area contributed by atoms with Gasteiger partial charge in [0.25, 0.3) is 0 Å². The Labute approximate surface area is 127 Å². The van der Waals surface area contributed by atoms with Crippen LogP contribution in [0, 0.1) is 6.92 Å². The molecule has 0 atom stereocenters. The van der Waals surface area contributed by atoms with Crippen LogP contribution in [0.1, 0.15) is 46.0 Å². The second-order valence-corrected chi connectivity index (χ2v) is 6.37. The molecule has 0 spiro atoms. The lowest BCUT2D eigenvalue weighted by atomic mass is 9.95. The first kappa shape index (κ1) is 17.2. The van der Waals surface area contributed by atoms with Gasteiger partial charge in [-0.2, -0.15) is 0 Å². The molecule has 0 aromatic carbocycles. The first-order chi connectivity index (χ1) is 9.29. The van der Waals surface area contributed by atoms with Crippen molar-refractivity contribution in [1.82, 2.24) is 14.9 Å². The minimum absolute atomic E-state index is 0.105. The lowest BCUT2D eigenvalue weighted by molar-refractivity contribution is 0.316. The summed E-state index contributed by atoms with van der Waals surface area (Å²) in [6.07, 6.45) is 0. The lowest BCUT2D eigenvalue weighted by Crippen LogP contribution is -2.29. The molecule has 0 aliphatic heterocycles. The van der Waals surface area contributed by atoms with Crippen molar-refractivity contribution in [2.45, 2.75) is 47.0 Å². The van der Waals surface area contributed by atoms with Crippen molar-refractivity contribution in [3.05, 3.63) is 16.5 Å². The summed E-state index contributed by atoms with van der Waals surface area (Å²) in [6, 6.07) is 0. The van der Waals surface area contributed by atoms with Gasteiger partial charge in [-0.3, -0.25) is 0 Å². The minimum atomic E-state index is -0.105. The lowest BCUT2D eigenvalue weighted by Gasteiger charge is -2.21. The second-order valence-electron chi connectivity index (χ2n) is 6.02. The SMILES string of the molecule is CCN(CC)CCNc1nc(C(C)(C)C)nc(Cl)c1C. The molecule has 1 aromatic rings. The van der Waals surface area contributed by atoms with E-state index in [0.29, 0.717) is 5.15 Å². The van der Waals surface area contributed by atoms with Crippen LogP contribution in [0.2, 0.25) is 5.15 Å². The van der Waals surface area contributed by atoms with Crippen LogP contribution in [0.4, 0.5) is 5.82 Å². The Morgan fingerprint density at radius 1 is 1.15 bits per heavy atom. The maximum Gasteiger partial charge on any atom is 0.137 e. The molecule has 0 saturated heterocycles. The fourth-order valence-electron chi connectivity index (χ4n) is 1.87. The average Bonchev–Trinajstić information content (AvgIpc) is 2.38. The maximum atomic E-state index is 6.22. The van der Waals surface area contributed by atoms with Gasteiger partial charge in [0.1, 0.15) is 16.8 Å². The number of aromatic nitrogens is 2. The Morgan fingerprint density at radius 3 is 2.25 bits per heavy atom. The Kier molecular flexibility index (Phi) is 6.21. The molecule has 1 heterocycles. The molecule has 0 radical (unpaired) electrons. The van der Waals surface area contributed by atoms with Crippen LogP contribution in [-0.4, -0.2) is 41.0 Å². The van der Waals surface area contributed by atoms with E-state index < -0.39 is 0 Å². The summed E-state index contributed by atoms with van der Waals surface area (Å²) in [5.74, 6) is 1.63. The molecule has 0 unspecified atom stereocenters. The molecule has 0 aliphatic carbocycles. The van der Waals surface area contributed by atoms with Gasteiger partial charge in [-0.05, 0) is 20.0 Å². The second kappa shape index (κ2) is 7.23. The van der Waals surface area contributed by atoms with E-state index in [4.69, 9.17) is 11.6 Å². The first-order valence-electron chi connectivity index (χ1n) is 7.30. The Morgan fingerprint density at radius 2 is 1.75 bits per heavy atom. The van der Waals surface area contributed by atoms with Gasteiger partial charge in [0.05, 0.1) is 0 Å². The topological polar surface area (TPSA) is 41.0 Å². The van der Waals surface area contributed by atoms with Gasteiger partial charge >= 0.3 is 0 Å². The molecule has 1 N–H and O–H groups in total. The van der Waals surface area contributed by atoms with Crippen molar-refractivity contribution in [3.8, 4) is 0 Å². The van der Waals surface area contributed by atoms with E-state index in [1.165, 1.54) is 0 Å². The van der Waals surface area contributed by atoms with Crippen molar-refractivity contribution in [1.29, 1.82) is 0 Å². The normalized spacial score (nSPS) is 12.0. The predicted octanol–water partition coefficient (Wildman–Crippen LogP) is 3.49. The third kappa shape index (κ3) is 4.60. The fourth-order valence-corrected chi connectivity index (χ4v) is 2.04. The number of likely N-dealkylation sites (N-methyl/N-ethyl adjacent to an activating group) is 1. The highest BCUT2D eigenvalue weighted by Crippen LogP contribution is 2.25. The monoisotopic (exact) mass is 298 g/mol. The van der Waals surface area contributed by atoms with Crippen LogP contribution in [0.3, 0.4) is 0 Å². The minimum Gasteiger partial charge on any atom is -0.368 e. The molecule has 0 saturated carbocycles.